The van der Waals surface area contributed by atoms with Crippen LogP contribution in [0.2, 0.25) is 0 Å². The first-order valence-corrected chi connectivity index (χ1v) is 7.83. The number of alkyl halides is 1. The SMILES string of the molecule is Cc1nsc(N(CCBr)C2CCCCC2)n1. The minimum Gasteiger partial charge on any atom is -0.343 e. The molecule has 1 fully saturated rings. The molecule has 16 heavy (non-hydrogen) atoms. The molecule has 1 aromatic heterocycles. The number of hydrogen-bond acceptors (Lipinski definition) is 4. The molecule has 1 aliphatic rings. The third kappa shape index (κ3) is 2.94. The van der Waals surface area contributed by atoms with E-state index in [9.17, 15) is 0 Å². The molecule has 0 amide bonds. The summed E-state index contributed by atoms with van der Waals surface area (Å²) in [6, 6.07) is 0.679. The first-order valence-electron chi connectivity index (χ1n) is 5.94. The maximum atomic E-state index is 4.52. The van der Waals surface area contributed by atoms with Crippen molar-refractivity contribution in [3.63, 3.8) is 0 Å². The maximum absolute atomic E-state index is 4.52. The molecule has 0 atom stereocenters. The first-order chi connectivity index (χ1) is 7.81. The minimum absolute atomic E-state index is 0.679. The number of aryl methyl sites for hydroxylation is 1. The second kappa shape index (κ2) is 5.96. The summed E-state index contributed by atoms with van der Waals surface area (Å²) in [4.78, 5) is 6.96. The van der Waals surface area contributed by atoms with Gasteiger partial charge in [-0.15, -0.1) is 0 Å². The number of aromatic nitrogens is 2. The smallest absolute Gasteiger partial charge is 0.205 e. The Balaban J connectivity index is 2.09. The van der Waals surface area contributed by atoms with Gasteiger partial charge in [0.05, 0.1) is 0 Å². The van der Waals surface area contributed by atoms with Gasteiger partial charge in [0, 0.05) is 29.4 Å². The molecule has 0 aromatic carbocycles. The predicted molar refractivity (Wildman–Crippen MR) is 72.7 cm³/mol. The summed E-state index contributed by atoms with van der Waals surface area (Å²) >= 11 is 5.07. The Morgan fingerprint density at radius 1 is 1.38 bits per heavy atom. The van der Waals surface area contributed by atoms with Gasteiger partial charge in [0.15, 0.2) is 0 Å². The van der Waals surface area contributed by atoms with E-state index in [1.54, 1.807) is 0 Å². The molecule has 3 nitrogen and oxygen atoms in total. The molecule has 0 bridgehead atoms. The normalized spacial score (nSPS) is 17.6. The Kier molecular flexibility index (Phi) is 4.58. The first kappa shape index (κ1) is 12.3. The molecule has 90 valence electrons. The van der Waals surface area contributed by atoms with E-state index in [-0.39, 0.29) is 0 Å². The van der Waals surface area contributed by atoms with Gasteiger partial charge < -0.3 is 4.90 Å². The highest BCUT2D eigenvalue weighted by molar-refractivity contribution is 9.09. The van der Waals surface area contributed by atoms with Crippen LogP contribution in [-0.2, 0) is 0 Å². The van der Waals surface area contributed by atoms with Crippen molar-refractivity contribution < 1.29 is 0 Å². The highest BCUT2D eigenvalue weighted by Crippen LogP contribution is 2.28. The van der Waals surface area contributed by atoms with E-state index in [1.807, 2.05) is 6.92 Å². The Morgan fingerprint density at radius 3 is 2.69 bits per heavy atom. The molecule has 0 aliphatic heterocycles. The highest BCUT2D eigenvalue weighted by atomic mass is 79.9. The van der Waals surface area contributed by atoms with Crippen molar-refractivity contribution in [3.05, 3.63) is 5.82 Å². The third-order valence-corrected chi connectivity index (χ3v) is 4.30. The van der Waals surface area contributed by atoms with Gasteiger partial charge in [-0.3, -0.25) is 0 Å². The van der Waals surface area contributed by atoms with Crippen molar-refractivity contribution in [2.45, 2.75) is 45.1 Å². The van der Waals surface area contributed by atoms with Crippen LogP contribution in [0.4, 0.5) is 5.13 Å². The Bertz CT molecular complexity index is 323. The second-order valence-electron chi connectivity index (χ2n) is 4.30. The monoisotopic (exact) mass is 303 g/mol. The Labute approximate surface area is 110 Å². The van der Waals surface area contributed by atoms with Gasteiger partial charge in [0.2, 0.25) is 5.13 Å². The van der Waals surface area contributed by atoms with E-state index in [1.165, 1.54) is 43.6 Å². The van der Waals surface area contributed by atoms with Crippen LogP contribution >= 0.6 is 27.5 Å². The van der Waals surface area contributed by atoms with Crippen molar-refractivity contribution in [2.75, 3.05) is 16.8 Å². The van der Waals surface area contributed by atoms with Gasteiger partial charge in [-0.2, -0.15) is 4.37 Å². The standard InChI is InChI=1S/C11H18BrN3S/c1-9-13-11(16-14-9)15(8-7-12)10-5-3-2-4-6-10/h10H,2-8H2,1H3. The van der Waals surface area contributed by atoms with Crippen LogP contribution in [0.5, 0.6) is 0 Å². The molecule has 0 unspecified atom stereocenters. The molecule has 1 saturated carbocycles. The third-order valence-electron chi connectivity index (χ3n) is 3.10. The van der Waals surface area contributed by atoms with Crippen molar-refractivity contribution in [1.29, 1.82) is 0 Å². The lowest BCUT2D eigenvalue weighted by Crippen LogP contribution is -2.38. The fourth-order valence-corrected chi connectivity index (χ4v) is 3.48. The fraction of sp³-hybridized carbons (Fsp3) is 0.818. The quantitative estimate of drug-likeness (QED) is 0.799. The summed E-state index contributed by atoms with van der Waals surface area (Å²) < 4.78 is 4.29. The number of rotatable bonds is 4. The minimum atomic E-state index is 0.679. The van der Waals surface area contributed by atoms with E-state index in [4.69, 9.17) is 0 Å². The van der Waals surface area contributed by atoms with E-state index in [0.717, 1.165) is 22.8 Å². The topological polar surface area (TPSA) is 29.0 Å². The second-order valence-corrected chi connectivity index (χ2v) is 5.82. The summed E-state index contributed by atoms with van der Waals surface area (Å²) in [5, 5.41) is 2.10. The number of anilines is 1. The predicted octanol–water partition coefficient (Wildman–Crippen LogP) is 3.38. The van der Waals surface area contributed by atoms with Crippen molar-refractivity contribution in [2.24, 2.45) is 0 Å². The Hall–Kier alpha value is -0.160. The molecule has 0 spiro atoms. The lowest BCUT2D eigenvalue weighted by molar-refractivity contribution is 0.418. The molecule has 1 aliphatic carbocycles. The van der Waals surface area contributed by atoms with Crippen molar-refractivity contribution >= 4 is 32.6 Å². The molecule has 2 rings (SSSR count). The van der Waals surface area contributed by atoms with Gasteiger partial charge >= 0.3 is 0 Å². The zero-order valence-electron chi connectivity index (χ0n) is 9.65. The maximum Gasteiger partial charge on any atom is 0.205 e. The summed E-state index contributed by atoms with van der Waals surface area (Å²) in [5.74, 6) is 0.899. The lowest BCUT2D eigenvalue weighted by Gasteiger charge is -2.33. The Morgan fingerprint density at radius 2 is 2.12 bits per heavy atom. The summed E-state index contributed by atoms with van der Waals surface area (Å²) in [6.45, 7) is 3.01. The van der Waals surface area contributed by atoms with Crippen molar-refractivity contribution in [1.82, 2.24) is 9.36 Å². The number of hydrogen-bond donors (Lipinski definition) is 0. The largest absolute Gasteiger partial charge is 0.343 e. The van der Waals surface area contributed by atoms with Crippen molar-refractivity contribution in [3.8, 4) is 0 Å². The zero-order valence-corrected chi connectivity index (χ0v) is 12.1. The average Bonchev–Trinajstić information content (AvgIpc) is 2.74. The molecule has 0 saturated heterocycles. The van der Waals surface area contributed by atoms with E-state index >= 15 is 0 Å². The summed E-state index contributed by atoms with van der Waals surface area (Å²) in [6.07, 6.45) is 6.74. The van der Waals surface area contributed by atoms with Gasteiger partial charge in [-0.25, -0.2) is 4.98 Å². The molecular weight excluding hydrogens is 286 g/mol. The highest BCUT2D eigenvalue weighted by Gasteiger charge is 2.23. The molecular formula is C11H18BrN3S. The van der Waals surface area contributed by atoms with Crippen LogP contribution in [0.15, 0.2) is 0 Å². The van der Waals surface area contributed by atoms with E-state index in [0.29, 0.717) is 6.04 Å². The average molecular weight is 304 g/mol. The van der Waals surface area contributed by atoms with Gasteiger partial charge in [-0.05, 0) is 19.8 Å². The van der Waals surface area contributed by atoms with Crippen LogP contribution < -0.4 is 4.90 Å². The van der Waals surface area contributed by atoms with E-state index < -0.39 is 0 Å². The fourth-order valence-electron chi connectivity index (χ4n) is 2.32. The number of halogens is 1. The molecule has 1 heterocycles. The number of nitrogens with zero attached hydrogens (tertiary/aromatic N) is 3. The summed E-state index contributed by atoms with van der Waals surface area (Å²) in [5.41, 5.74) is 0. The van der Waals surface area contributed by atoms with Crippen LogP contribution in [0.25, 0.3) is 0 Å². The van der Waals surface area contributed by atoms with Gasteiger partial charge in [-0.1, -0.05) is 35.2 Å². The van der Waals surface area contributed by atoms with Crippen LogP contribution in [0.3, 0.4) is 0 Å². The molecule has 0 N–H and O–H groups in total. The lowest BCUT2D eigenvalue weighted by atomic mass is 9.94. The van der Waals surface area contributed by atoms with Gasteiger partial charge in [0.25, 0.3) is 0 Å². The summed E-state index contributed by atoms with van der Waals surface area (Å²) in [7, 11) is 0. The molecule has 0 radical (unpaired) electrons. The van der Waals surface area contributed by atoms with Crippen LogP contribution in [-0.4, -0.2) is 27.3 Å². The molecule has 5 heteroatoms. The van der Waals surface area contributed by atoms with Gasteiger partial charge in [0.1, 0.15) is 5.82 Å². The molecule has 1 aromatic rings. The zero-order chi connectivity index (χ0) is 11.4. The van der Waals surface area contributed by atoms with E-state index in [2.05, 4.69) is 30.2 Å². The van der Waals surface area contributed by atoms with Crippen LogP contribution in [0.1, 0.15) is 37.9 Å². The van der Waals surface area contributed by atoms with Crippen LogP contribution in [0, 0.1) is 6.92 Å².